The number of amides is 2. The Kier molecular flexibility index (Phi) is 7.55. The van der Waals surface area contributed by atoms with E-state index in [-0.39, 0.29) is 35.4 Å². The number of phenolic OH excluding ortho intramolecular Hbond substituents is 1. The smallest absolute Gasteiger partial charge is 0.407 e. The molecule has 3 rings (SSSR count). The highest BCUT2D eigenvalue weighted by molar-refractivity contribution is 5.95. The van der Waals surface area contributed by atoms with Crippen LogP contribution >= 0.6 is 0 Å². The molecule has 0 unspecified atom stereocenters. The van der Waals surface area contributed by atoms with Crippen LogP contribution in [0.4, 0.5) is 4.79 Å². The normalized spacial score (nSPS) is 17.8. The number of nitrogens with one attached hydrogen (secondary N) is 2. The Bertz CT molecular complexity index is 990. The van der Waals surface area contributed by atoms with Gasteiger partial charge in [0.15, 0.2) is 0 Å². The lowest BCUT2D eigenvalue weighted by atomic mass is 9.91. The van der Waals surface area contributed by atoms with Gasteiger partial charge in [0.1, 0.15) is 17.2 Å². The largest absolute Gasteiger partial charge is 0.508 e. The summed E-state index contributed by atoms with van der Waals surface area (Å²) in [7, 11) is 0. The van der Waals surface area contributed by atoms with E-state index in [4.69, 9.17) is 14.7 Å². The molecule has 0 spiro atoms. The summed E-state index contributed by atoms with van der Waals surface area (Å²) >= 11 is 0. The third kappa shape index (κ3) is 6.64. The van der Waals surface area contributed by atoms with Crippen molar-refractivity contribution in [2.45, 2.75) is 57.7 Å². The molecule has 0 heterocycles. The molecular formula is C24H27N3O5. The van der Waals surface area contributed by atoms with Crippen molar-refractivity contribution in [2.24, 2.45) is 0 Å². The van der Waals surface area contributed by atoms with Crippen molar-refractivity contribution in [3.8, 4) is 23.3 Å². The predicted molar refractivity (Wildman–Crippen MR) is 118 cm³/mol. The molecule has 8 nitrogen and oxygen atoms in total. The predicted octanol–water partition coefficient (Wildman–Crippen LogP) is 4.23. The Morgan fingerprint density at radius 3 is 2.22 bits per heavy atom. The van der Waals surface area contributed by atoms with E-state index in [0.717, 1.165) is 25.7 Å². The molecule has 2 aromatic carbocycles. The van der Waals surface area contributed by atoms with Gasteiger partial charge < -0.3 is 25.2 Å². The lowest BCUT2D eigenvalue weighted by Crippen LogP contribution is -2.44. The second-order valence-electron chi connectivity index (χ2n) is 8.07. The summed E-state index contributed by atoms with van der Waals surface area (Å²) in [5.74, 6) is 0.415. The number of hydrogen-bond donors (Lipinski definition) is 3. The van der Waals surface area contributed by atoms with Crippen LogP contribution in [-0.4, -0.2) is 35.3 Å². The molecule has 1 saturated carbocycles. The Hall–Kier alpha value is -3.73. The first kappa shape index (κ1) is 22.9. The summed E-state index contributed by atoms with van der Waals surface area (Å²) in [5.41, 5.74) is 0.796. The van der Waals surface area contributed by atoms with Crippen LogP contribution in [0.15, 0.2) is 42.5 Å². The van der Waals surface area contributed by atoms with E-state index in [2.05, 4.69) is 10.6 Å². The van der Waals surface area contributed by atoms with E-state index in [1.54, 1.807) is 44.2 Å². The van der Waals surface area contributed by atoms with Gasteiger partial charge in [0.2, 0.25) is 0 Å². The van der Waals surface area contributed by atoms with E-state index in [0.29, 0.717) is 17.1 Å². The van der Waals surface area contributed by atoms with E-state index in [1.807, 2.05) is 6.07 Å². The van der Waals surface area contributed by atoms with Gasteiger partial charge in [0.05, 0.1) is 17.7 Å². The SMILES string of the molecule is CC(C)OC(=O)NC1CCC(NC(=O)c2cc(O)cc(Oc3ccc(C#N)cc3)c2)CC1. The van der Waals surface area contributed by atoms with Crippen molar-refractivity contribution in [2.75, 3.05) is 0 Å². The topological polar surface area (TPSA) is 121 Å². The van der Waals surface area contributed by atoms with Crippen LogP contribution in [0.1, 0.15) is 55.5 Å². The van der Waals surface area contributed by atoms with Gasteiger partial charge in [-0.2, -0.15) is 5.26 Å². The maximum Gasteiger partial charge on any atom is 0.407 e. The molecule has 0 radical (unpaired) electrons. The van der Waals surface area contributed by atoms with Crippen molar-refractivity contribution in [1.29, 1.82) is 5.26 Å². The number of phenols is 1. The van der Waals surface area contributed by atoms with E-state index >= 15 is 0 Å². The molecule has 0 aliphatic heterocycles. The van der Waals surface area contributed by atoms with Crippen LogP contribution in [0.25, 0.3) is 0 Å². The molecule has 0 atom stereocenters. The van der Waals surface area contributed by atoms with Crippen molar-refractivity contribution in [1.82, 2.24) is 10.6 Å². The molecule has 0 saturated heterocycles. The Morgan fingerprint density at radius 2 is 1.62 bits per heavy atom. The molecule has 1 aliphatic rings. The maximum absolute atomic E-state index is 12.7. The second kappa shape index (κ2) is 10.5. The second-order valence-corrected chi connectivity index (χ2v) is 8.07. The number of rotatable bonds is 6. The van der Waals surface area contributed by atoms with Crippen LogP contribution < -0.4 is 15.4 Å². The van der Waals surface area contributed by atoms with Crippen molar-refractivity contribution in [3.05, 3.63) is 53.6 Å². The first-order valence-corrected chi connectivity index (χ1v) is 10.6. The zero-order valence-electron chi connectivity index (χ0n) is 18.1. The minimum absolute atomic E-state index is 0.0214. The van der Waals surface area contributed by atoms with Crippen molar-refractivity contribution < 1.29 is 24.2 Å². The van der Waals surface area contributed by atoms with Gasteiger partial charge in [-0.1, -0.05) is 0 Å². The average Bonchev–Trinajstić information content (AvgIpc) is 2.74. The number of carbonyl (C=O) groups excluding carboxylic acids is 2. The lowest BCUT2D eigenvalue weighted by molar-refractivity contribution is 0.0913. The van der Waals surface area contributed by atoms with E-state index in [1.165, 1.54) is 12.1 Å². The molecule has 32 heavy (non-hydrogen) atoms. The van der Waals surface area contributed by atoms with Gasteiger partial charge in [0, 0.05) is 23.7 Å². The standard InChI is InChI=1S/C24H27N3O5/c1-15(2)31-24(30)27-19-7-5-18(6-8-19)26-23(29)17-11-20(28)13-22(12-17)32-21-9-3-16(14-25)4-10-21/h3-4,9-13,15,18-19,28H,5-8H2,1-2H3,(H,26,29)(H,27,30). The Morgan fingerprint density at radius 1 is 1.00 bits per heavy atom. The number of nitriles is 1. The summed E-state index contributed by atoms with van der Waals surface area (Å²) in [6.07, 6.45) is 2.36. The van der Waals surface area contributed by atoms with Gasteiger partial charge in [-0.25, -0.2) is 4.79 Å². The van der Waals surface area contributed by atoms with Crippen LogP contribution in [-0.2, 0) is 4.74 Å². The molecule has 3 N–H and O–H groups in total. The Balaban J connectivity index is 1.55. The summed E-state index contributed by atoms with van der Waals surface area (Å²) in [6, 6.07) is 12.9. The fourth-order valence-electron chi connectivity index (χ4n) is 3.57. The molecule has 0 bridgehead atoms. The number of ether oxygens (including phenoxy) is 2. The minimum Gasteiger partial charge on any atom is -0.508 e. The number of carbonyl (C=O) groups is 2. The van der Waals surface area contributed by atoms with Gasteiger partial charge in [-0.3, -0.25) is 4.79 Å². The highest BCUT2D eigenvalue weighted by Crippen LogP contribution is 2.27. The zero-order valence-corrected chi connectivity index (χ0v) is 18.1. The highest BCUT2D eigenvalue weighted by Gasteiger charge is 2.24. The Labute approximate surface area is 187 Å². The number of nitrogens with zero attached hydrogens (tertiary/aromatic N) is 1. The molecule has 1 fully saturated rings. The number of hydrogen-bond acceptors (Lipinski definition) is 6. The quantitative estimate of drug-likeness (QED) is 0.622. The van der Waals surface area contributed by atoms with E-state index in [9.17, 15) is 14.7 Å². The maximum atomic E-state index is 12.7. The summed E-state index contributed by atoms with van der Waals surface area (Å²) in [4.78, 5) is 24.5. The van der Waals surface area contributed by atoms with Gasteiger partial charge in [-0.05, 0) is 75.9 Å². The third-order valence-corrected chi connectivity index (χ3v) is 5.10. The fraction of sp³-hybridized carbons (Fsp3) is 0.375. The van der Waals surface area contributed by atoms with Crippen LogP contribution in [0, 0.1) is 11.3 Å². The summed E-state index contributed by atoms with van der Waals surface area (Å²) in [5, 5.41) is 24.8. The van der Waals surface area contributed by atoms with E-state index < -0.39 is 6.09 Å². The monoisotopic (exact) mass is 437 g/mol. The third-order valence-electron chi connectivity index (χ3n) is 5.10. The lowest BCUT2D eigenvalue weighted by Gasteiger charge is -2.29. The van der Waals surface area contributed by atoms with Crippen LogP contribution in [0.2, 0.25) is 0 Å². The number of alkyl carbamates (subject to hydrolysis) is 1. The summed E-state index contributed by atoms with van der Waals surface area (Å²) < 4.78 is 10.8. The fourth-order valence-corrected chi connectivity index (χ4v) is 3.57. The van der Waals surface area contributed by atoms with Gasteiger partial charge >= 0.3 is 6.09 Å². The van der Waals surface area contributed by atoms with Gasteiger partial charge in [0.25, 0.3) is 5.91 Å². The zero-order chi connectivity index (χ0) is 23.1. The molecular weight excluding hydrogens is 410 g/mol. The minimum atomic E-state index is -0.415. The average molecular weight is 437 g/mol. The van der Waals surface area contributed by atoms with Crippen LogP contribution in [0.5, 0.6) is 17.2 Å². The number of aromatic hydroxyl groups is 1. The van der Waals surface area contributed by atoms with Crippen LogP contribution in [0.3, 0.4) is 0 Å². The molecule has 8 heteroatoms. The molecule has 2 amide bonds. The number of benzene rings is 2. The molecule has 0 aromatic heterocycles. The van der Waals surface area contributed by atoms with Crippen molar-refractivity contribution in [3.63, 3.8) is 0 Å². The molecule has 1 aliphatic carbocycles. The first-order chi connectivity index (χ1) is 15.3. The van der Waals surface area contributed by atoms with Crippen molar-refractivity contribution >= 4 is 12.0 Å². The summed E-state index contributed by atoms with van der Waals surface area (Å²) in [6.45, 7) is 3.60. The first-order valence-electron chi connectivity index (χ1n) is 10.6. The highest BCUT2D eigenvalue weighted by atomic mass is 16.6. The molecule has 168 valence electrons. The molecule has 2 aromatic rings. The van der Waals surface area contributed by atoms with Gasteiger partial charge in [-0.15, -0.1) is 0 Å².